The number of thiazole rings is 1. The first kappa shape index (κ1) is 32.7. The predicted octanol–water partition coefficient (Wildman–Crippen LogP) is 5.70. The Hall–Kier alpha value is -3.22. The van der Waals surface area contributed by atoms with Gasteiger partial charge < -0.3 is 9.47 Å². The van der Waals surface area contributed by atoms with Gasteiger partial charge >= 0.3 is 0 Å². The summed E-state index contributed by atoms with van der Waals surface area (Å²) in [6.07, 6.45) is 0.759. The minimum Gasteiger partial charge on any atom is -0.492 e. The van der Waals surface area contributed by atoms with Crippen molar-refractivity contribution >= 4 is 60.7 Å². The zero-order valence-corrected chi connectivity index (χ0v) is 26.8. The molecule has 230 valence electrons. The molecule has 1 amide bonds. The zero-order valence-electron chi connectivity index (χ0n) is 24.3. The summed E-state index contributed by atoms with van der Waals surface area (Å²) < 4.78 is 40.5. The van der Waals surface area contributed by atoms with Gasteiger partial charge in [0.05, 0.1) is 35.1 Å². The Kier molecular flexibility index (Phi) is 11.4. The van der Waals surface area contributed by atoms with Gasteiger partial charge in [0, 0.05) is 38.3 Å². The molecule has 1 saturated heterocycles. The number of ether oxygens (including phenoxy) is 2. The highest BCUT2D eigenvalue weighted by molar-refractivity contribution is 7.92. The third-order valence-electron chi connectivity index (χ3n) is 7.13. The van der Waals surface area contributed by atoms with Gasteiger partial charge in [-0.3, -0.25) is 18.9 Å². The van der Waals surface area contributed by atoms with Crippen molar-refractivity contribution in [3.63, 3.8) is 0 Å². The van der Waals surface area contributed by atoms with Crippen LogP contribution in [0.4, 0.5) is 10.8 Å². The number of amides is 1. The van der Waals surface area contributed by atoms with Crippen molar-refractivity contribution in [3.05, 3.63) is 78.4 Å². The first-order chi connectivity index (χ1) is 20.4. The molecule has 0 N–H and O–H groups in total. The molecule has 1 fully saturated rings. The van der Waals surface area contributed by atoms with E-state index in [1.54, 1.807) is 36.1 Å². The van der Waals surface area contributed by atoms with Gasteiger partial charge in [0.2, 0.25) is 0 Å². The molecule has 0 bridgehead atoms. The van der Waals surface area contributed by atoms with Crippen LogP contribution in [0.5, 0.6) is 5.75 Å². The zero-order chi connectivity index (χ0) is 29.5. The molecule has 0 atom stereocenters. The largest absolute Gasteiger partial charge is 0.492 e. The fourth-order valence-corrected chi connectivity index (χ4v) is 7.48. The maximum atomic E-state index is 14.0. The Bertz CT molecular complexity index is 1590. The summed E-state index contributed by atoms with van der Waals surface area (Å²) in [6, 6.07) is 21.0. The van der Waals surface area contributed by atoms with Crippen molar-refractivity contribution in [2.75, 3.05) is 61.7 Å². The normalized spacial score (nSPS) is 13.8. The fraction of sp³-hybridized carbons (Fsp3) is 0.355. The molecule has 0 unspecified atom stereocenters. The number of aromatic nitrogens is 1. The summed E-state index contributed by atoms with van der Waals surface area (Å²) in [6.45, 7) is 9.02. The average Bonchev–Trinajstić information content (AvgIpc) is 3.46. The maximum Gasteiger partial charge on any atom is 0.264 e. The standard InChI is InChI=1S/C31H36N4O5S2.ClH/c1-3-35(25-10-6-5-7-11-25)42(37,38)26-16-14-24(15-17-26)30(36)34(19-9-18-33-20-22-39-23-21-33)31-32-29-27(40-4-2)12-8-13-28(29)41-31;/h5-8,10-17H,3-4,9,18-23H2,1-2H3;1H. The average molecular weight is 645 g/mol. The lowest BCUT2D eigenvalue weighted by atomic mass is 10.2. The first-order valence-corrected chi connectivity index (χ1v) is 16.5. The SMILES string of the molecule is CCOc1cccc2sc(N(CCCN3CCOCC3)C(=O)c3ccc(S(=O)(=O)N(CC)c4ccccc4)cc3)nc12.Cl. The topological polar surface area (TPSA) is 92.3 Å². The molecule has 1 aromatic heterocycles. The number of hydrogen-bond donors (Lipinski definition) is 0. The molecule has 4 aromatic rings. The number of sulfonamides is 1. The Labute approximate surface area is 263 Å². The summed E-state index contributed by atoms with van der Waals surface area (Å²) in [5.74, 6) is 0.458. The molecule has 2 heterocycles. The lowest BCUT2D eigenvalue weighted by Gasteiger charge is -2.27. The number of carbonyl (C=O) groups is 1. The molecule has 9 nitrogen and oxygen atoms in total. The van der Waals surface area contributed by atoms with E-state index in [4.69, 9.17) is 14.5 Å². The van der Waals surface area contributed by atoms with E-state index in [1.807, 2.05) is 43.3 Å². The quantitative estimate of drug-likeness (QED) is 0.195. The van der Waals surface area contributed by atoms with Crippen LogP contribution in [0.2, 0.25) is 0 Å². The van der Waals surface area contributed by atoms with E-state index in [-0.39, 0.29) is 29.8 Å². The van der Waals surface area contributed by atoms with Crippen LogP contribution >= 0.6 is 23.7 Å². The molecular weight excluding hydrogens is 608 g/mol. The van der Waals surface area contributed by atoms with Crippen LogP contribution < -0.4 is 13.9 Å². The van der Waals surface area contributed by atoms with Crippen LogP contribution in [0.25, 0.3) is 10.2 Å². The number of para-hydroxylation sites is 2. The van der Waals surface area contributed by atoms with Gasteiger partial charge in [-0.25, -0.2) is 13.4 Å². The van der Waals surface area contributed by atoms with Gasteiger partial charge in [0.25, 0.3) is 15.9 Å². The van der Waals surface area contributed by atoms with Crippen molar-refractivity contribution in [1.82, 2.24) is 9.88 Å². The number of fused-ring (bicyclic) bond motifs is 1. The summed E-state index contributed by atoms with van der Waals surface area (Å²) in [4.78, 5) is 23.0. The molecule has 43 heavy (non-hydrogen) atoms. The maximum absolute atomic E-state index is 14.0. The van der Waals surface area contributed by atoms with E-state index < -0.39 is 10.0 Å². The lowest BCUT2D eigenvalue weighted by Crippen LogP contribution is -2.39. The fourth-order valence-electron chi connectivity index (χ4n) is 5.00. The molecule has 0 saturated carbocycles. The summed E-state index contributed by atoms with van der Waals surface area (Å²) in [7, 11) is -3.80. The van der Waals surface area contributed by atoms with Gasteiger partial charge in [-0.15, -0.1) is 12.4 Å². The number of hydrogen-bond acceptors (Lipinski definition) is 8. The van der Waals surface area contributed by atoms with E-state index in [9.17, 15) is 13.2 Å². The minimum atomic E-state index is -3.80. The number of anilines is 2. The number of benzene rings is 3. The third-order valence-corrected chi connectivity index (χ3v) is 10.1. The van der Waals surface area contributed by atoms with Crippen LogP contribution in [0.3, 0.4) is 0 Å². The molecule has 0 spiro atoms. The van der Waals surface area contributed by atoms with Crippen molar-refractivity contribution in [2.45, 2.75) is 25.2 Å². The number of rotatable bonds is 12. The van der Waals surface area contributed by atoms with E-state index in [1.165, 1.54) is 27.8 Å². The Morgan fingerprint density at radius 3 is 2.40 bits per heavy atom. The van der Waals surface area contributed by atoms with Crippen molar-refractivity contribution in [3.8, 4) is 5.75 Å². The van der Waals surface area contributed by atoms with Crippen molar-refractivity contribution < 1.29 is 22.7 Å². The molecule has 3 aromatic carbocycles. The van der Waals surface area contributed by atoms with Crippen LogP contribution in [0, 0.1) is 0 Å². The highest BCUT2D eigenvalue weighted by Gasteiger charge is 2.26. The number of carbonyl (C=O) groups excluding carboxylic acids is 1. The van der Waals surface area contributed by atoms with Crippen LogP contribution in [0.1, 0.15) is 30.6 Å². The van der Waals surface area contributed by atoms with E-state index >= 15 is 0 Å². The number of halogens is 1. The number of morpholine rings is 1. The van der Waals surface area contributed by atoms with E-state index in [2.05, 4.69) is 4.90 Å². The second-order valence-electron chi connectivity index (χ2n) is 9.83. The highest BCUT2D eigenvalue weighted by atomic mass is 35.5. The minimum absolute atomic E-state index is 0. The van der Waals surface area contributed by atoms with Crippen molar-refractivity contribution in [2.24, 2.45) is 0 Å². The summed E-state index contributed by atoms with van der Waals surface area (Å²) in [5, 5.41) is 0.585. The summed E-state index contributed by atoms with van der Waals surface area (Å²) >= 11 is 1.44. The molecular formula is C31H37ClN4O5S2. The lowest BCUT2D eigenvalue weighted by molar-refractivity contribution is 0.0376. The van der Waals surface area contributed by atoms with Gasteiger partial charge in [0.15, 0.2) is 5.13 Å². The first-order valence-electron chi connectivity index (χ1n) is 14.2. The van der Waals surface area contributed by atoms with Crippen molar-refractivity contribution in [1.29, 1.82) is 0 Å². The second-order valence-corrected chi connectivity index (χ2v) is 12.7. The molecule has 12 heteroatoms. The monoisotopic (exact) mass is 644 g/mol. The van der Waals surface area contributed by atoms with E-state index in [0.29, 0.717) is 35.3 Å². The third kappa shape index (κ3) is 7.47. The molecule has 1 aliphatic rings. The molecule has 5 rings (SSSR count). The Morgan fingerprint density at radius 2 is 1.72 bits per heavy atom. The van der Waals surface area contributed by atoms with Gasteiger partial charge in [-0.05, 0) is 68.8 Å². The Morgan fingerprint density at radius 1 is 1.00 bits per heavy atom. The predicted molar refractivity (Wildman–Crippen MR) is 175 cm³/mol. The van der Waals surface area contributed by atoms with Crippen LogP contribution in [-0.2, 0) is 14.8 Å². The highest BCUT2D eigenvalue weighted by Crippen LogP contribution is 2.35. The molecule has 0 aliphatic carbocycles. The van der Waals surface area contributed by atoms with Gasteiger partial charge in [0.1, 0.15) is 11.3 Å². The van der Waals surface area contributed by atoms with Crippen LogP contribution in [-0.4, -0.2) is 76.8 Å². The van der Waals surface area contributed by atoms with Gasteiger partial charge in [-0.1, -0.05) is 35.6 Å². The van der Waals surface area contributed by atoms with Gasteiger partial charge in [-0.2, -0.15) is 0 Å². The second kappa shape index (κ2) is 15.0. The van der Waals surface area contributed by atoms with Crippen LogP contribution in [0.15, 0.2) is 77.7 Å². The molecule has 0 radical (unpaired) electrons. The molecule has 1 aliphatic heterocycles. The summed E-state index contributed by atoms with van der Waals surface area (Å²) in [5.41, 5.74) is 1.72. The Balaban J connectivity index is 0.00000423. The van der Waals surface area contributed by atoms with E-state index in [0.717, 1.165) is 49.5 Å². The number of nitrogens with zero attached hydrogens (tertiary/aromatic N) is 4. The smallest absolute Gasteiger partial charge is 0.264 e.